The van der Waals surface area contributed by atoms with E-state index in [2.05, 4.69) is 17.2 Å². The van der Waals surface area contributed by atoms with Gasteiger partial charge in [-0.25, -0.2) is 0 Å². The minimum Gasteiger partial charge on any atom is -0.497 e. The SMILES string of the molecule is [CH2]OCC(=O)Nc1ccc(OC)cc1. The van der Waals surface area contributed by atoms with Crippen molar-refractivity contribution in [1.82, 2.24) is 0 Å². The Balaban J connectivity index is 2.55. The molecule has 75 valence electrons. The molecule has 0 aliphatic heterocycles. The number of benzene rings is 1. The zero-order valence-electron chi connectivity index (χ0n) is 7.95. The van der Waals surface area contributed by atoms with Gasteiger partial charge in [-0.2, -0.15) is 0 Å². The maximum absolute atomic E-state index is 11.1. The molecule has 0 unspecified atom stereocenters. The molecule has 0 aliphatic carbocycles. The molecule has 14 heavy (non-hydrogen) atoms. The second kappa shape index (κ2) is 5.24. The fourth-order valence-electron chi connectivity index (χ4n) is 0.964. The Morgan fingerprint density at radius 2 is 2.07 bits per heavy atom. The van der Waals surface area contributed by atoms with Gasteiger partial charge >= 0.3 is 0 Å². The molecule has 0 atom stereocenters. The molecular formula is C10H12NO3. The van der Waals surface area contributed by atoms with Gasteiger partial charge in [0.2, 0.25) is 5.91 Å². The van der Waals surface area contributed by atoms with E-state index in [9.17, 15) is 4.79 Å². The number of anilines is 1. The van der Waals surface area contributed by atoms with E-state index in [0.717, 1.165) is 5.75 Å². The van der Waals surface area contributed by atoms with Crippen LogP contribution in [0.4, 0.5) is 5.69 Å². The van der Waals surface area contributed by atoms with Gasteiger partial charge in [-0.1, -0.05) is 0 Å². The fourth-order valence-corrected chi connectivity index (χ4v) is 0.964. The number of nitrogens with one attached hydrogen (secondary N) is 1. The molecule has 0 aliphatic rings. The van der Waals surface area contributed by atoms with Crippen LogP contribution in [0.3, 0.4) is 0 Å². The van der Waals surface area contributed by atoms with Crippen LogP contribution in [0.5, 0.6) is 5.75 Å². The number of carbonyl (C=O) groups excluding carboxylic acids is 1. The van der Waals surface area contributed by atoms with Gasteiger partial charge in [0.15, 0.2) is 0 Å². The van der Waals surface area contributed by atoms with Gasteiger partial charge in [-0.15, -0.1) is 0 Å². The molecule has 1 N–H and O–H groups in total. The molecule has 4 heteroatoms. The lowest BCUT2D eigenvalue weighted by atomic mass is 10.3. The van der Waals surface area contributed by atoms with Crippen molar-refractivity contribution in [2.24, 2.45) is 0 Å². The van der Waals surface area contributed by atoms with Crippen molar-refractivity contribution in [3.8, 4) is 5.75 Å². The molecule has 0 fully saturated rings. The van der Waals surface area contributed by atoms with Crippen molar-refractivity contribution in [3.63, 3.8) is 0 Å². The van der Waals surface area contributed by atoms with Crippen molar-refractivity contribution < 1.29 is 14.3 Å². The molecule has 0 saturated carbocycles. The molecule has 1 rings (SSSR count). The third-order valence-electron chi connectivity index (χ3n) is 1.61. The Bertz CT molecular complexity index is 295. The van der Waals surface area contributed by atoms with E-state index in [1.165, 1.54) is 0 Å². The molecule has 0 saturated heterocycles. The molecule has 0 spiro atoms. The second-order valence-corrected chi connectivity index (χ2v) is 2.63. The highest BCUT2D eigenvalue weighted by Crippen LogP contribution is 2.14. The minimum absolute atomic E-state index is 0.0496. The van der Waals surface area contributed by atoms with Crippen LogP contribution in [-0.4, -0.2) is 19.6 Å². The van der Waals surface area contributed by atoms with Crippen molar-refractivity contribution >= 4 is 11.6 Å². The summed E-state index contributed by atoms with van der Waals surface area (Å²) in [4.78, 5) is 11.1. The lowest BCUT2D eigenvalue weighted by molar-refractivity contribution is -0.119. The summed E-state index contributed by atoms with van der Waals surface area (Å²) in [5.41, 5.74) is 0.702. The molecule has 4 nitrogen and oxygen atoms in total. The minimum atomic E-state index is -0.231. The Kier molecular flexibility index (Phi) is 3.94. The molecule has 0 heterocycles. The Morgan fingerprint density at radius 1 is 1.43 bits per heavy atom. The van der Waals surface area contributed by atoms with E-state index in [0.29, 0.717) is 5.69 Å². The van der Waals surface area contributed by atoms with Crippen LogP contribution in [0.2, 0.25) is 0 Å². The van der Waals surface area contributed by atoms with Crippen LogP contribution < -0.4 is 10.1 Å². The van der Waals surface area contributed by atoms with Crippen LogP contribution in [0.1, 0.15) is 0 Å². The van der Waals surface area contributed by atoms with Gasteiger partial charge in [0.05, 0.1) is 14.2 Å². The van der Waals surface area contributed by atoms with Gasteiger partial charge in [-0.05, 0) is 24.3 Å². The van der Waals surface area contributed by atoms with Gasteiger partial charge in [0.1, 0.15) is 12.4 Å². The summed E-state index contributed by atoms with van der Waals surface area (Å²) in [6, 6.07) is 7.03. The molecule has 0 bridgehead atoms. The highest BCUT2D eigenvalue weighted by molar-refractivity contribution is 5.91. The number of hydrogen-bond donors (Lipinski definition) is 1. The summed E-state index contributed by atoms with van der Waals surface area (Å²) >= 11 is 0. The summed E-state index contributed by atoms with van der Waals surface area (Å²) < 4.78 is 9.41. The maximum atomic E-state index is 11.1. The van der Waals surface area contributed by atoms with Crippen LogP contribution in [0.15, 0.2) is 24.3 Å². The average Bonchev–Trinajstić information content (AvgIpc) is 2.19. The summed E-state index contributed by atoms with van der Waals surface area (Å²) in [6.45, 7) is -0.0496. The molecule has 1 radical (unpaired) electrons. The van der Waals surface area contributed by atoms with Crippen LogP contribution >= 0.6 is 0 Å². The van der Waals surface area contributed by atoms with Crippen molar-refractivity contribution in [2.75, 3.05) is 19.0 Å². The predicted octanol–water partition coefficient (Wildman–Crippen LogP) is 1.44. The number of methoxy groups -OCH3 is 1. The monoisotopic (exact) mass is 194 g/mol. The first-order chi connectivity index (χ1) is 6.76. The van der Waals surface area contributed by atoms with Crippen LogP contribution in [0, 0.1) is 7.11 Å². The van der Waals surface area contributed by atoms with E-state index in [4.69, 9.17) is 4.74 Å². The van der Waals surface area contributed by atoms with Gasteiger partial charge < -0.3 is 14.8 Å². The third kappa shape index (κ3) is 3.06. The standard InChI is InChI=1S/C10H12NO3/c1-13-7-10(12)11-8-3-5-9(14-2)6-4-8/h3-6H,1,7H2,2H3,(H,11,12). The first-order valence-electron chi connectivity index (χ1n) is 4.07. The van der Waals surface area contributed by atoms with E-state index < -0.39 is 0 Å². The van der Waals surface area contributed by atoms with E-state index in [-0.39, 0.29) is 12.5 Å². The quantitative estimate of drug-likeness (QED) is 0.789. The van der Waals surface area contributed by atoms with Crippen LogP contribution in [-0.2, 0) is 9.53 Å². The summed E-state index contributed by atoms with van der Waals surface area (Å²) in [5.74, 6) is 0.515. The highest BCUT2D eigenvalue weighted by Gasteiger charge is 2.00. The lowest BCUT2D eigenvalue weighted by Gasteiger charge is -2.05. The number of ether oxygens (including phenoxy) is 2. The van der Waals surface area contributed by atoms with Gasteiger partial charge in [-0.3, -0.25) is 4.79 Å². The predicted molar refractivity (Wildman–Crippen MR) is 52.9 cm³/mol. The van der Waals surface area contributed by atoms with Crippen molar-refractivity contribution in [3.05, 3.63) is 31.4 Å². The largest absolute Gasteiger partial charge is 0.497 e. The second-order valence-electron chi connectivity index (χ2n) is 2.63. The summed E-state index contributed by atoms with van der Waals surface area (Å²) in [7, 11) is 4.70. The smallest absolute Gasteiger partial charge is 0.250 e. The van der Waals surface area contributed by atoms with E-state index in [1.54, 1.807) is 31.4 Å². The number of amides is 1. The zero-order chi connectivity index (χ0) is 10.4. The lowest BCUT2D eigenvalue weighted by Crippen LogP contribution is -2.16. The first-order valence-corrected chi connectivity index (χ1v) is 4.07. The topological polar surface area (TPSA) is 47.6 Å². The summed E-state index contributed by atoms with van der Waals surface area (Å²) in [6.07, 6.45) is 0. The average molecular weight is 194 g/mol. The number of carbonyl (C=O) groups is 1. The number of hydrogen-bond acceptors (Lipinski definition) is 3. The maximum Gasteiger partial charge on any atom is 0.250 e. The Labute approximate surface area is 82.8 Å². The Morgan fingerprint density at radius 3 is 2.57 bits per heavy atom. The van der Waals surface area contributed by atoms with Crippen molar-refractivity contribution in [1.29, 1.82) is 0 Å². The van der Waals surface area contributed by atoms with Crippen LogP contribution in [0.25, 0.3) is 0 Å². The van der Waals surface area contributed by atoms with Crippen molar-refractivity contribution in [2.45, 2.75) is 0 Å². The van der Waals surface area contributed by atoms with Gasteiger partial charge in [0, 0.05) is 5.69 Å². The molecule has 1 aromatic rings. The fraction of sp³-hybridized carbons (Fsp3) is 0.200. The molecule has 1 aromatic carbocycles. The Hall–Kier alpha value is -1.55. The van der Waals surface area contributed by atoms with E-state index in [1.807, 2.05) is 0 Å². The summed E-state index contributed by atoms with van der Waals surface area (Å²) in [5, 5.41) is 2.63. The van der Waals surface area contributed by atoms with Gasteiger partial charge in [0.25, 0.3) is 0 Å². The normalized spacial score (nSPS) is 9.57. The van der Waals surface area contributed by atoms with E-state index >= 15 is 0 Å². The third-order valence-corrected chi connectivity index (χ3v) is 1.61. The highest BCUT2D eigenvalue weighted by atomic mass is 16.5. The zero-order valence-corrected chi connectivity index (χ0v) is 7.95. The molecule has 0 aromatic heterocycles. The molecule has 1 amide bonds. The first kappa shape index (κ1) is 10.5. The number of rotatable bonds is 4. The molecular weight excluding hydrogens is 182 g/mol.